The van der Waals surface area contributed by atoms with Gasteiger partial charge in [-0.1, -0.05) is 0 Å². The monoisotopic (exact) mass is 240 g/mol. The molecule has 0 amide bonds. The Labute approximate surface area is 64.4 Å². The Balaban J connectivity index is 0. The molecule has 7 nitrogen and oxygen atoms in total. The van der Waals surface area contributed by atoms with Gasteiger partial charge in [0.1, 0.15) is 0 Å². The molecule has 0 aromatic heterocycles. The van der Waals surface area contributed by atoms with E-state index in [1.807, 2.05) is 0 Å². The van der Waals surface area contributed by atoms with Gasteiger partial charge < -0.3 is 0 Å². The zero-order valence-electron chi connectivity index (χ0n) is 4.00. The Bertz CT molecular complexity index is 99.5. The molecule has 0 spiro atoms. The van der Waals surface area contributed by atoms with E-state index in [0.717, 1.165) is 0 Å². The van der Waals surface area contributed by atoms with Crippen molar-refractivity contribution in [3.05, 3.63) is 20.2 Å². The van der Waals surface area contributed by atoms with Crippen molar-refractivity contribution in [2.24, 2.45) is 0 Å². The SMILES string of the molecule is O=[N+]([O-])O[SiH2][N+](=O)[O-].[Ru+3]. The van der Waals surface area contributed by atoms with E-state index in [9.17, 15) is 20.2 Å². The summed E-state index contributed by atoms with van der Waals surface area (Å²) < 4.78 is 2.66. The third kappa shape index (κ3) is 11.2. The molecule has 9 heavy (non-hydrogen) atoms. The van der Waals surface area contributed by atoms with Crippen LogP contribution in [0.15, 0.2) is 0 Å². The molecule has 0 fully saturated rings. The Kier molecular flexibility index (Phi) is 6.98. The van der Waals surface area contributed by atoms with E-state index in [0.29, 0.717) is 0 Å². The van der Waals surface area contributed by atoms with Crippen LogP contribution in [0.3, 0.4) is 0 Å². The van der Waals surface area contributed by atoms with E-state index in [1.165, 1.54) is 0 Å². The molecule has 0 saturated carbocycles. The molecule has 0 aliphatic rings. The summed E-state index contributed by atoms with van der Waals surface area (Å²) in [6.07, 6.45) is 0. The molecule has 0 heterocycles. The predicted octanol–water partition coefficient (Wildman–Crippen LogP) is -1.53. The van der Waals surface area contributed by atoms with Crippen LogP contribution in [0, 0.1) is 20.2 Å². The summed E-state index contributed by atoms with van der Waals surface area (Å²) in [5, 5.41) is 17.4. The Morgan fingerprint density at radius 1 is 1.33 bits per heavy atom. The molecule has 0 bridgehead atoms. The van der Waals surface area contributed by atoms with Crippen molar-refractivity contribution in [3.63, 3.8) is 0 Å². The van der Waals surface area contributed by atoms with E-state index < -0.39 is 19.6 Å². The van der Waals surface area contributed by atoms with Gasteiger partial charge in [-0.05, 0) is 4.59 Å². The number of nitro groups is 1. The largest absolute Gasteiger partial charge is 3.00 e. The summed E-state index contributed by atoms with van der Waals surface area (Å²) in [5.41, 5.74) is 0. The first-order valence-electron chi connectivity index (χ1n) is 1.52. The second kappa shape index (κ2) is 5.57. The molecule has 0 aromatic rings. The summed E-state index contributed by atoms with van der Waals surface area (Å²) in [6, 6.07) is 0. The Morgan fingerprint density at radius 2 is 1.78 bits per heavy atom. The van der Waals surface area contributed by atoms with Gasteiger partial charge in [-0.15, -0.1) is 10.1 Å². The minimum atomic E-state index is -2.18. The number of hydrogen-bond donors (Lipinski definition) is 0. The van der Waals surface area contributed by atoms with Crippen molar-refractivity contribution < 1.29 is 33.7 Å². The first kappa shape index (κ1) is 11.3. The Hall–Kier alpha value is -0.560. The van der Waals surface area contributed by atoms with Crippen molar-refractivity contribution >= 4 is 9.92 Å². The van der Waals surface area contributed by atoms with Gasteiger partial charge in [0.2, 0.25) is 0 Å². The first-order chi connectivity index (χ1) is 3.63. The fourth-order valence-corrected chi connectivity index (χ4v) is 0.283. The van der Waals surface area contributed by atoms with Crippen LogP contribution in [0.5, 0.6) is 0 Å². The first-order valence-corrected chi connectivity index (χ1v) is 2.73. The van der Waals surface area contributed by atoms with Crippen LogP contribution in [-0.2, 0) is 24.0 Å². The second-order valence-corrected chi connectivity index (χ2v) is 1.85. The predicted molar refractivity (Wildman–Crippen MR) is 23.6 cm³/mol. The average Bonchev–Trinajstić information content (AvgIpc) is 1.61. The van der Waals surface area contributed by atoms with E-state index in [1.54, 1.807) is 0 Å². The maximum Gasteiger partial charge on any atom is 3.00 e. The van der Waals surface area contributed by atoms with Crippen LogP contribution in [0.1, 0.15) is 0 Å². The summed E-state index contributed by atoms with van der Waals surface area (Å²) in [4.78, 5) is 18.6. The molecule has 0 N–H and O–H groups in total. The molecule has 1 radical (unpaired) electrons. The van der Waals surface area contributed by atoms with Crippen LogP contribution >= 0.6 is 0 Å². The van der Waals surface area contributed by atoms with Crippen LogP contribution in [0.2, 0.25) is 0 Å². The zero-order chi connectivity index (χ0) is 6.57. The molecule has 9 heteroatoms. The van der Waals surface area contributed by atoms with Gasteiger partial charge >= 0.3 is 29.4 Å². The molecule has 0 atom stereocenters. The molecular weight excluding hydrogens is 237 g/mol. The smallest absolute Gasteiger partial charge is 0.288 e. The molecular formula is H2N2O5RuSi+3. The molecule has 0 rings (SSSR count). The third-order valence-corrected chi connectivity index (χ3v) is 0.806. The zero-order valence-corrected chi connectivity index (χ0v) is 7.15. The average molecular weight is 239 g/mol. The summed E-state index contributed by atoms with van der Waals surface area (Å²) in [6.45, 7) is 0. The van der Waals surface area contributed by atoms with Crippen molar-refractivity contribution in [2.75, 3.05) is 0 Å². The van der Waals surface area contributed by atoms with E-state index in [4.69, 9.17) is 0 Å². The summed E-state index contributed by atoms with van der Waals surface area (Å²) in [7, 11) is -2.18. The standard InChI is InChI=1S/H2N2O5Si.Ru/c3-1(4)7-8-2(5)6;/h8H2;/q;+3. The van der Waals surface area contributed by atoms with E-state index in [-0.39, 0.29) is 19.5 Å². The van der Waals surface area contributed by atoms with Crippen LogP contribution in [0.4, 0.5) is 0 Å². The summed E-state index contributed by atoms with van der Waals surface area (Å²) >= 11 is 0. The van der Waals surface area contributed by atoms with Crippen LogP contribution < -0.4 is 0 Å². The fourth-order valence-electron chi connectivity index (χ4n) is 0.0943. The van der Waals surface area contributed by atoms with Crippen molar-refractivity contribution in [1.29, 1.82) is 0 Å². The van der Waals surface area contributed by atoms with Gasteiger partial charge in [0, 0.05) is 0 Å². The fraction of sp³-hybridized carbons (Fsp3) is 0. The Morgan fingerprint density at radius 3 is 1.89 bits per heavy atom. The molecule has 0 saturated heterocycles. The minimum Gasteiger partial charge on any atom is -0.288 e. The van der Waals surface area contributed by atoms with Crippen molar-refractivity contribution in [2.45, 2.75) is 0 Å². The van der Waals surface area contributed by atoms with Gasteiger partial charge in [-0.2, -0.15) is 0 Å². The van der Waals surface area contributed by atoms with Crippen molar-refractivity contribution in [1.82, 2.24) is 0 Å². The summed E-state index contributed by atoms with van der Waals surface area (Å²) in [5.74, 6) is 0. The molecule has 0 aromatic carbocycles. The van der Waals surface area contributed by atoms with Crippen LogP contribution in [-0.4, -0.2) is 19.6 Å². The second-order valence-electron chi connectivity index (χ2n) is 0.815. The van der Waals surface area contributed by atoms with E-state index in [2.05, 4.69) is 4.53 Å². The maximum atomic E-state index is 9.34. The molecule has 51 valence electrons. The minimum absolute atomic E-state index is 0. The third-order valence-electron chi connectivity index (χ3n) is 0.269. The van der Waals surface area contributed by atoms with E-state index >= 15 is 0 Å². The maximum absolute atomic E-state index is 9.34. The number of rotatable bonds is 3. The number of nitrogens with zero attached hydrogens (tertiary/aromatic N) is 2. The molecule has 0 aliphatic carbocycles. The topological polar surface area (TPSA) is 95.5 Å². The van der Waals surface area contributed by atoms with Gasteiger partial charge in [0.15, 0.2) is 0 Å². The van der Waals surface area contributed by atoms with Gasteiger partial charge in [0.05, 0.1) is 0 Å². The van der Waals surface area contributed by atoms with Crippen LogP contribution in [0.25, 0.3) is 0 Å². The van der Waals surface area contributed by atoms with Crippen molar-refractivity contribution in [3.8, 4) is 0 Å². The quantitative estimate of drug-likeness (QED) is 0.338. The molecule has 0 unspecified atom stereocenters. The molecule has 0 aliphatic heterocycles. The van der Waals surface area contributed by atoms with Gasteiger partial charge in [0.25, 0.3) is 5.09 Å². The van der Waals surface area contributed by atoms with Gasteiger partial charge in [-0.25, -0.2) is 0 Å². The number of hydrogen-bond acceptors (Lipinski definition) is 5. The van der Waals surface area contributed by atoms with Gasteiger partial charge in [-0.3, -0.25) is 14.6 Å². The normalized spacial score (nSPS) is 8.44.